The number of carbonyl (C=O) groups excluding carboxylic acids is 2. The van der Waals surface area contributed by atoms with Crippen molar-refractivity contribution in [2.24, 2.45) is 0 Å². The summed E-state index contributed by atoms with van der Waals surface area (Å²) in [7, 11) is 1.55. The van der Waals surface area contributed by atoms with Crippen molar-refractivity contribution in [1.82, 2.24) is 10.6 Å². The molecule has 0 aromatic heterocycles. The minimum atomic E-state index is -0.563. The molecule has 1 unspecified atom stereocenters. The standard InChI is InChI=1S/C15H23N3O2/c1-5-8-17-13-7-6-10(2)9-12(13)15(20)18-11(3)14(19)16-4/h6-7,9,11,17H,5,8H2,1-4H3,(H,16,19)(H,18,20). The minimum absolute atomic E-state index is 0.214. The van der Waals surface area contributed by atoms with Crippen LogP contribution in [0.5, 0.6) is 0 Å². The molecule has 1 atom stereocenters. The highest BCUT2D eigenvalue weighted by molar-refractivity contribution is 6.01. The Morgan fingerprint density at radius 2 is 2.00 bits per heavy atom. The van der Waals surface area contributed by atoms with Crippen LogP contribution in [0.15, 0.2) is 18.2 Å². The zero-order valence-electron chi connectivity index (χ0n) is 12.5. The van der Waals surface area contributed by atoms with Gasteiger partial charge in [-0.1, -0.05) is 18.6 Å². The van der Waals surface area contributed by atoms with Gasteiger partial charge in [0.05, 0.1) is 5.56 Å². The Bertz CT molecular complexity index is 486. The molecule has 5 heteroatoms. The summed E-state index contributed by atoms with van der Waals surface area (Å²) in [6.07, 6.45) is 0.976. The van der Waals surface area contributed by atoms with E-state index in [4.69, 9.17) is 0 Å². The maximum Gasteiger partial charge on any atom is 0.254 e. The molecule has 3 N–H and O–H groups in total. The summed E-state index contributed by atoms with van der Waals surface area (Å²) >= 11 is 0. The van der Waals surface area contributed by atoms with Crippen LogP contribution in [0.1, 0.15) is 36.2 Å². The molecule has 0 aliphatic rings. The molecule has 20 heavy (non-hydrogen) atoms. The highest BCUT2D eigenvalue weighted by atomic mass is 16.2. The lowest BCUT2D eigenvalue weighted by Gasteiger charge is -2.16. The van der Waals surface area contributed by atoms with Crippen molar-refractivity contribution in [3.05, 3.63) is 29.3 Å². The van der Waals surface area contributed by atoms with E-state index < -0.39 is 6.04 Å². The van der Waals surface area contributed by atoms with Crippen LogP contribution in [0.25, 0.3) is 0 Å². The van der Waals surface area contributed by atoms with Gasteiger partial charge in [0, 0.05) is 19.3 Å². The maximum atomic E-state index is 12.3. The molecule has 0 bridgehead atoms. The Balaban J connectivity index is 2.90. The van der Waals surface area contributed by atoms with E-state index in [1.165, 1.54) is 0 Å². The van der Waals surface area contributed by atoms with Gasteiger partial charge < -0.3 is 16.0 Å². The third-order valence-corrected chi connectivity index (χ3v) is 2.97. The van der Waals surface area contributed by atoms with Crippen LogP contribution in [-0.2, 0) is 4.79 Å². The van der Waals surface area contributed by atoms with Crippen molar-refractivity contribution in [3.63, 3.8) is 0 Å². The van der Waals surface area contributed by atoms with Crippen molar-refractivity contribution in [2.75, 3.05) is 18.9 Å². The van der Waals surface area contributed by atoms with Crippen LogP contribution in [0, 0.1) is 6.92 Å². The van der Waals surface area contributed by atoms with Crippen molar-refractivity contribution in [3.8, 4) is 0 Å². The van der Waals surface area contributed by atoms with Crippen molar-refractivity contribution in [2.45, 2.75) is 33.2 Å². The Labute approximate surface area is 120 Å². The number of hydrogen-bond donors (Lipinski definition) is 3. The molecular formula is C15H23N3O2. The fourth-order valence-electron chi connectivity index (χ4n) is 1.82. The van der Waals surface area contributed by atoms with E-state index in [9.17, 15) is 9.59 Å². The third-order valence-electron chi connectivity index (χ3n) is 2.97. The molecule has 1 aromatic carbocycles. The molecule has 0 fully saturated rings. The number of amides is 2. The van der Waals surface area contributed by atoms with Crippen molar-refractivity contribution >= 4 is 17.5 Å². The molecule has 0 spiro atoms. The number of hydrogen-bond acceptors (Lipinski definition) is 3. The molecule has 0 radical (unpaired) electrons. The highest BCUT2D eigenvalue weighted by Gasteiger charge is 2.17. The van der Waals surface area contributed by atoms with Crippen LogP contribution in [-0.4, -0.2) is 31.4 Å². The van der Waals surface area contributed by atoms with Crippen LogP contribution < -0.4 is 16.0 Å². The zero-order valence-corrected chi connectivity index (χ0v) is 12.5. The molecule has 5 nitrogen and oxygen atoms in total. The fourth-order valence-corrected chi connectivity index (χ4v) is 1.82. The van der Waals surface area contributed by atoms with Gasteiger partial charge in [-0.2, -0.15) is 0 Å². The molecule has 0 aliphatic carbocycles. The average Bonchev–Trinajstić information content (AvgIpc) is 2.44. The SMILES string of the molecule is CCCNc1ccc(C)cc1C(=O)NC(C)C(=O)NC. The van der Waals surface area contributed by atoms with E-state index in [0.29, 0.717) is 5.56 Å². The number of anilines is 1. The molecule has 110 valence electrons. The summed E-state index contributed by atoms with van der Waals surface area (Å²) in [5.74, 6) is -0.461. The number of rotatable bonds is 6. The molecule has 2 amide bonds. The minimum Gasteiger partial charge on any atom is -0.384 e. The Morgan fingerprint density at radius 3 is 2.60 bits per heavy atom. The van der Waals surface area contributed by atoms with E-state index in [-0.39, 0.29) is 11.8 Å². The van der Waals surface area contributed by atoms with Gasteiger partial charge >= 0.3 is 0 Å². The van der Waals surface area contributed by atoms with E-state index in [1.807, 2.05) is 25.1 Å². The smallest absolute Gasteiger partial charge is 0.254 e. The van der Waals surface area contributed by atoms with Crippen LogP contribution in [0.2, 0.25) is 0 Å². The van der Waals surface area contributed by atoms with E-state index >= 15 is 0 Å². The second-order valence-corrected chi connectivity index (χ2v) is 4.79. The van der Waals surface area contributed by atoms with Crippen LogP contribution in [0.3, 0.4) is 0 Å². The molecule has 1 rings (SSSR count). The first-order chi connectivity index (χ1) is 9.49. The first kappa shape index (κ1) is 16.0. The second-order valence-electron chi connectivity index (χ2n) is 4.79. The average molecular weight is 277 g/mol. The van der Waals surface area contributed by atoms with E-state index in [0.717, 1.165) is 24.2 Å². The number of benzene rings is 1. The van der Waals surface area contributed by atoms with Gasteiger partial charge in [0.2, 0.25) is 5.91 Å². The van der Waals surface area contributed by atoms with E-state index in [1.54, 1.807) is 14.0 Å². The lowest BCUT2D eigenvalue weighted by molar-refractivity contribution is -0.122. The number of likely N-dealkylation sites (N-methyl/N-ethyl adjacent to an activating group) is 1. The summed E-state index contributed by atoms with van der Waals surface area (Å²) in [6.45, 7) is 6.46. The van der Waals surface area contributed by atoms with Gasteiger partial charge in [-0.15, -0.1) is 0 Å². The zero-order chi connectivity index (χ0) is 15.1. The monoisotopic (exact) mass is 277 g/mol. The van der Waals surface area contributed by atoms with Gasteiger partial charge in [-0.3, -0.25) is 9.59 Å². The maximum absolute atomic E-state index is 12.3. The summed E-state index contributed by atoms with van der Waals surface area (Å²) < 4.78 is 0. The second kappa shape index (κ2) is 7.53. The third kappa shape index (κ3) is 4.26. The van der Waals surface area contributed by atoms with Gasteiger partial charge in [0.1, 0.15) is 6.04 Å². The predicted octanol–water partition coefficient (Wildman–Crippen LogP) is 1.68. The van der Waals surface area contributed by atoms with Crippen molar-refractivity contribution in [1.29, 1.82) is 0 Å². The molecular weight excluding hydrogens is 254 g/mol. The molecule has 0 saturated heterocycles. The van der Waals surface area contributed by atoms with Crippen LogP contribution >= 0.6 is 0 Å². The Morgan fingerprint density at radius 1 is 1.30 bits per heavy atom. The normalized spacial score (nSPS) is 11.6. The van der Waals surface area contributed by atoms with Crippen molar-refractivity contribution < 1.29 is 9.59 Å². The number of aryl methyl sites for hydroxylation is 1. The Hall–Kier alpha value is -2.04. The summed E-state index contributed by atoms with van der Waals surface area (Å²) in [6, 6.07) is 5.11. The highest BCUT2D eigenvalue weighted by Crippen LogP contribution is 2.17. The summed E-state index contributed by atoms with van der Waals surface area (Å²) in [4.78, 5) is 23.7. The fraction of sp³-hybridized carbons (Fsp3) is 0.467. The van der Waals surface area contributed by atoms with Gasteiger partial charge in [0.15, 0.2) is 0 Å². The first-order valence-electron chi connectivity index (χ1n) is 6.86. The van der Waals surface area contributed by atoms with Crippen LogP contribution in [0.4, 0.5) is 5.69 Å². The molecule has 0 aliphatic heterocycles. The number of nitrogens with one attached hydrogen (secondary N) is 3. The molecule has 0 saturated carbocycles. The summed E-state index contributed by atoms with van der Waals surface area (Å²) in [5, 5.41) is 8.44. The lowest BCUT2D eigenvalue weighted by atomic mass is 10.1. The quantitative estimate of drug-likeness (QED) is 0.741. The van der Waals surface area contributed by atoms with Gasteiger partial charge in [-0.05, 0) is 32.4 Å². The first-order valence-corrected chi connectivity index (χ1v) is 6.86. The summed E-state index contributed by atoms with van der Waals surface area (Å²) in [5.41, 5.74) is 2.36. The van der Waals surface area contributed by atoms with Gasteiger partial charge in [0.25, 0.3) is 5.91 Å². The topological polar surface area (TPSA) is 70.2 Å². The predicted molar refractivity (Wildman–Crippen MR) is 81.0 cm³/mol. The molecule has 1 aromatic rings. The molecule has 0 heterocycles. The van der Waals surface area contributed by atoms with E-state index in [2.05, 4.69) is 22.9 Å². The lowest BCUT2D eigenvalue weighted by Crippen LogP contribution is -2.43. The Kier molecular flexibility index (Phi) is 6.03. The number of carbonyl (C=O) groups is 2. The largest absolute Gasteiger partial charge is 0.384 e. The van der Waals surface area contributed by atoms with Gasteiger partial charge in [-0.25, -0.2) is 0 Å².